The number of benzene rings is 1. The number of fused-ring (bicyclic) bond motifs is 2. The maximum Gasteiger partial charge on any atom is 0.143 e. The van der Waals surface area contributed by atoms with Crippen LogP contribution < -0.4 is 5.32 Å². The number of hydrogen-bond donors (Lipinski definition) is 1. The van der Waals surface area contributed by atoms with Gasteiger partial charge in [0, 0.05) is 42.0 Å². The second-order valence-electron chi connectivity index (χ2n) is 5.95. The maximum atomic E-state index is 5.75. The molecule has 0 saturated carbocycles. The second kappa shape index (κ2) is 6.35. The lowest BCUT2D eigenvalue weighted by Crippen LogP contribution is -2.28. The van der Waals surface area contributed by atoms with E-state index in [4.69, 9.17) is 9.52 Å². The molecule has 1 N–H and O–H groups in total. The van der Waals surface area contributed by atoms with E-state index in [1.807, 2.05) is 30.6 Å². The molecule has 126 valence electrons. The van der Waals surface area contributed by atoms with Gasteiger partial charge in [-0.3, -0.25) is 9.67 Å². The average molecular weight is 353 g/mol. The molecule has 0 saturated heterocycles. The fourth-order valence-corrected chi connectivity index (χ4v) is 3.44. The summed E-state index contributed by atoms with van der Waals surface area (Å²) in [6.45, 7) is 2.63. The zero-order valence-electron chi connectivity index (χ0n) is 13.5. The quantitative estimate of drug-likeness (QED) is 0.594. The van der Waals surface area contributed by atoms with Crippen LogP contribution in [0.1, 0.15) is 5.69 Å². The molecule has 3 aromatic heterocycles. The van der Waals surface area contributed by atoms with Crippen LogP contribution in [0.2, 0.25) is 0 Å². The van der Waals surface area contributed by atoms with E-state index in [0.29, 0.717) is 0 Å². The van der Waals surface area contributed by atoms with E-state index in [9.17, 15) is 0 Å². The SMILES string of the molecule is Cl.c1cc(-c2nn3c(c2-c2ccncc2)CNCC3)c2occc2c1. The van der Waals surface area contributed by atoms with Crippen molar-refractivity contribution in [1.82, 2.24) is 20.1 Å². The zero-order chi connectivity index (χ0) is 15.9. The van der Waals surface area contributed by atoms with E-state index in [-0.39, 0.29) is 12.4 Å². The van der Waals surface area contributed by atoms with Crippen LogP contribution in [0.5, 0.6) is 0 Å². The fourth-order valence-electron chi connectivity index (χ4n) is 3.44. The van der Waals surface area contributed by atoms with Crippen LogP contribution in [0, 0.1) is 0 Å². The highest BCUT2D eigenvalue weighted by atomic mass is 35.5. The molecule has 25 heavy (non-hydrogen) atoms. The van der Waals surface area contributed by atoms with Crippen LogP contribution >= 0.6 is 12.4 Å². The van der Waals surface area contributed by atoms with Gasteiger partial charge in [-0.05, 0) is 29.8 Å². The summed E-state index contributed by atoms with van der Waals surface area (Å²) in [6, 6.07) is 12.3. The van der Waals surface area contributed by atoms with E-state index in [1.54, 1.807) is 6.26 Å². The summed E-state index contributed by atoms with van der Waals surface area (Å²) in [5, 5.41) is 9.47. The van der Waals surface area contributed by atoms with Gasteiger partial charge in [-0.25, -0.2) is 0 Å². The van der Waals surface area contributed by atoms with Crippen molar-refractivity contribution in [1.29, 1.82) is 0 Å². The highest BCUT2D eigenvalue weighted by molar-refractivity contribution is 5.96. The lowest BCUT2D eigenvalue weighted by molar-refractivity contribution is 0.477. The molecular weight excluding hydrogens is 336 g/mol. The number of halogens is 1. The third-order valence-electron chi connectivity index (χ3n) is 4.55. The first kappa shape index (κ1) is 15.9. The summed E-state index contributed by atoms with van der Waals surface area (Å²) in [7, 11) is 0. The van der Waals surface area contributed by atoms with Gasteiger partial charge in [0.05, 0.1) is 18.5 Å². The Balaban J connectivity index is 0.00000157. The van der Waals surface area contributed by atoms with Crippen LogP contribution in [0.3, 0.4) is 0 Å². The van der Waals surface area contributed by atoms with Crippen molar-refractivity contribution in [2.24, 2.45) is 0 Å². The molecule has 1 aliphatic heterocycles. The van der Waals surface area contributed by atoms with Crippen LogP contribution in [-0.4, -0.2) is 21.3 Å². The van der Waals surface area contributed by atoms with Crippen molar-refractivity contribution in [3.8, 4) is 22.4 Å². The van der Waals surface area contributed by atoms with E-state index in [1.165, 1.54) is 5.69 Å². The lowest BCUT2D eigenvalue weighted by Gasteiger charge is -2.16. The normalized spacial score (nSPS) is 13.4. The van der Waals surface area contributed by atoms with Gasteiger partial charge in [0.25, 0.3) is 0 Å². The first-order valence-electron chi connectivity index (χ1n) is 8.09. The van der Waals surface area contributed by atoms with Crippen molar-refractivity contribution < 1.29 is 4.42 Å². The highest BCUT2D eigenvalue weighted by Crippen LogP contribution is 2.38. The summed E-state index contributed by atoms with van der Waals surface area (Å²) in [4.78, 5) is 4.15. The number of pyridine rings is 1. The van der Waals surface area contributed by atoms with Gasteiger partial charge in [-0.15, -0.1) is 12.4 Å². The van der Waals surface area contributed by atoms with E-state index in [0.717, 1.165) is 53.0 Å². The number of hydrogen-bond acceptors (Lipinski definition) is 4. The summed E-state index contributed by atoms with van der Waals surface area (Å²) in [5.74, 6) is 0. The monoisotopic (exact) mass is 352 g/mol. The molecule has 5 nitrogen and oxygen atoms in total. The van der Waals surface area contributed by atoms with E-state index < -0.39 is 0 Å². The average Bonchev–Trinajstić information content (AvgIpc) is 3.26. The summed E-state index contributed by atoms with van der Waals surface area (Å²) >= 11 is 0. The molecule has 0 radical (unpaired) electrons. The molecule has 0 aliphatic carbocycles. The molecule has 4 heterocycles. The molecule has 1 aromatic carbocycles. The summed E-state index contributed by atoms with van der Waals surface area (Å²) in [5.41, 5.74) is 6.40. The minimum Gasteiger partial charge on any atom is -0.464 e. The number of nitrogens with one attached hydrogen (secondary N) is 1. The first-order valence-corrected chi connectivity index (χ1v) is 8.09. The van der Waals surface area contributed by atoms with Crippen LogP contribution in [0.4, 0.5) is 0 Å². The molecule has 0 spiro atoms. The molecule has 0 atom stereocenters. The fraction of sp³-hybridized carbons (Fsp3) is 0.158. The summed E-state index contributed by atoms with van der Waals surface area (Å²) < 4.78 is 7.86. The predicted molar refractivity (Wildman–Crippen MR) is 99.6 cm³/mol. The van der Waals surface area contributed by atoms with Crippen LogP contribution in [-0.2, 0) is 13.1 Å². The van der Waals surface area contributed by atoms with Crippen LogP contribution in [0.15, 0.2) is 59.5 Å². The van der Waals surface area contributed by atoms with Crippen molar-refractivity contribution in [3.05, 3.63) is 60.7 Å². The largest absolute Gasteiger partial charge is 0.464 e. The minimum absolute atomic E-state index is 0. The van der Waals surface area contributed by atoms with Gasteiger partial charge in [0.15, 0.2) is 0 Å². The van der Waals surface area contributed by atoms with Gasteiger partial charge in [0.1, 0.15) is 11.3 Å². The van der Waals surface area contributed by atoms with Crippen molar-refractivity contribution in [3.63, 3.8) is 0 Å². The smallest absolute Gasteiger partial charge is 0.143 e. The molecule has 0 fully saturated rings. The molecule has 1 aliphatic rings. The Morgan fingerprint density at radius 1 is 1.08 bits per heavy atom. The summed E-state index contributed by atoms with van der Waals surface area (Å²) in [6.07, 6.45) is 5.39. The third-order valence-corrected chi connectivity index (χ3v) is 4.55. The maximum absolute atomic E-state index is 5.75. The standard InChI is InChI=1S/C19H16N4O.ClH/c1-2-14-6-11-24-19(14)15(3-1)18-17(13-4-7-20-8-5-13)16-12-21-9-10-23(16)22-18;/h1-8,11,21H,9-10,12H2;1H. The first-order chi connectivity index (χ1) is 11.9. The number of rotatable bonds is 2. The minimum atomic E-state index is 0. The van der Waals surface area contributed by atoms with Gasteiger partial charge >= 0.3 is 0 Å². The molecule has 4 aromatic rings. The number of aromatic nitrogens is 3. The van der Waals surface area contributed by atoms with Gasteiger partial charge in [-0.2, -0.15) is 5.10 Å². The molecule has 6 heteroatoms. The second-order valence-corrected chi connectivity index (χ2v) is 5.95. The van der Waals surface area contributed by atoms with Crippen molar-refractivity contribution >= 4 is 23.4 Å². The molecule has 5 rings (SSSR count). The lowest BCUT2D eigenvalue weighted by atomic mass is 9.98. The Hall–Kier alpha value is -2.63. The topological polar surface area (TPSA) is 55.9 Å². The molecule has 0 amide bonds. The van der Waals surface area contributed by atoms with Crippen molar-refractivity contribution in [2.75, 3.05) is 6.54 Å². The number of nitrogens with zero attached hydrogens (tertiary/aromatic N) is 3. The third kappa shape index (κ3) is 2.52. The van der Waals surface area contributed by atoms with Crippen molar-refractivity contribution in [2.45, 2.75) is 13.1 Å². The van der Waals surface area contributed by atoms with Crippen LogP contribution in [0.25, 0.3) is 33.4 Å². The Morgan fingerprint density at radius 3 is 2.84 bits per heavy atom. The van der Waals surface area contributed by atoms with Gasteiger partial charge in [-0.1, -0.05) is 12.1 Å². The zero-order valence-corrected chi connectivity index (χ0v) is 14.3. The number of para-hydroxylation sites is 1. The Kier molecular flexibility index (Phi) is 4.03. The number of furan rings is 1. The van der Waals surface area contributed by atoms with Gasteiger partial charge < -0.3 is 9.73 Å². The van der Waals surface area contributed by atoms with E-state index >= 15 is 0 Å². The predicted octanol–water partition coefficient (Wildman–Crippen LogP) is 3.88. The van der Waals surface area contributed by atoms with E-state index in [2.05, 4.69) is 33.2 Å². The Bertz CT molecular complexity index is 1020. The van der Waals surface area contributed by atoms with Gasteiger partial charge in [0.2, 0.25) is 0 Å². The Morgan fingerprint density at radius 2 is 1.96 bits per heavy atom. The molecule has 0 bridgehead atoms. The highest BCUT2D eigenvalue weighted by Gasteiger charge is 2.24. The molecule has 0 unspecified atom stereocenters. The molecular formula is C19H17ClN4O. The Labute approximate surface area is 151 Å².